The highest BCUT2D eigenvalue weighted by Crippen LogP contribution is 2.53. The third kappa shape index (κ3) is 4.50. The van der Waals surface area contributed by atoms with Crippen LogP contribution in [0.5, 0.6) is 0 Å². The second-order valence-electron chi connectivity index (χ2n) is 14.2. The molecule has 1 aliphatic carbocycles. The van der Waals surface area contributed by atoms with Crippen molar-refractivity contribution in [1.29, 1.82) is 0 Å². The van der Waals surface area contributed by atoms with Crippen molar-refractivity contribution in [3.05, 3.63) is 193 Å². The molecule has 0 fully saturated rings. The largest absolute Gasteiger partial charge is 0.310 e. The Hall–Kier alpha value is -6.38. The van der Waals surface area contributed by atoms with Crippen LogP contribution in [0.2, 0.25) is 0 Å². The zero-order valence-electron chi connectivity index (χ0n) is 28.7. The Morgan fingerprint density at radius 2 is 1.10 bits per heavy atom. The minimum atomic E-state index is -0.197. The predicted molar refractivity (Wildman–Crippen MR) is 216 cm³/mol. The average Bonchev–Trinajstić information content (AvgIpc) is 3.65. The lowest BCUT2D eigenvalue weighted by Crippen LogP contribution is -2.16. The molecular weight excluding hydrogens is 617 g/mol. The summed E-state index contributed by atoms with van der Waals surface area (Å²) in [6.45, 7) is 4.77. The van der Waals surface area contributed by atoms with Gasteiger partial charge in [-0.2, -0.15) is 0 Å². The van der Waals surface area contributed by atoms with Gasteiger partial charge < -0.3 is 9.47 Å². The Bertz CT molecular complexity index is 2750. The van der Waals surface area contributed by atoms with Crippen molar-refractivity contribution < 1.29 is 0 Å². The van der Waals surface area contributed by atoms with Gasteiger partial charge in [-0.15, -0.1) is 0 Å². The fourth-order valence-corrected chi connectivity index (χ4v) is 8.52. The monoisotopic (exact) mass is 652 g/mol. The van der Waals surface area contributed by atoms with Crippen LogP contribution in [0.1, 0.15) is 25.0 Å². The molecule has 9 aromatic rings. The van der Waals surface area contributed by atoms with Crippen LogP contribution >= 0.6 is 0 Å². The maximum atomic E-state index is 2.52. The van der Waals surface area contributed by atoms with Gasteiger partial charge in [0.15, 0.2) is 0 Å². The van der Waals surface area contributed by atoms with Crippen molar-refractivity contribution in [3.63, 3.8) is 0 Å². The Balaban J connectivity index is 1.17. The minimum Gasteiger partial charge on any atom is -0.310 e. The van der Waals surface area contributed by atoms with E-state index in [2.05, 4.69) is 205 Å². The number of para-hydroxylation sites is 2. The summed E-state index contributed by atoms with van der Waals surface area (Å²) in [7, 11) is 0. The summed E-state index contributed by atoms with van der Waals surface area (Å²) in [6, 6.07) is 66.5. The summed E-state index contributed by atoms with van der Waals surface area (Å²) in [5.74, 6) is 0. The molecular formula is C49H36N2. The van der Waals surface area contributed by atoms with E-state index >= 15 is 0 Å². The molecule has 1 aromatic heterocycles. The second-order valence-corrected chi connectivity index (χ2v) is 14.2. The molecule has 0 saturated carbocycles. The maximum absolute atomic E-state index is 2.52. The van der Waals surface area contributed by atoms with E-state index in [-0.39, 0.29) is 5.41 Å². The number of hydrogen-bond donors (Lipinski definition) is 0. The molecule has 1 heterocycles. The molecule has 8 aromatic carbocycles. The van der Waals surface area contributed by atoms with Crippen molar-refractivity contribution in [2.75, 3.05) is 4.90 Å². The van der Waals surface area contributed by atoms with Gasteiger partial charge in [0.05, 0.1) is 16.7 Å². The number of fused-ring (bicyclic) bond motifs is 8. The van der Waals surface area contributed by atoms with Gasteiger partial charge in [-0.1, -0.05) is 147 Å². The third-order valence-electron chi connectivity index (χ3n) is 11.0. The van der Waals surface area contributed by atoms with E-state index in [1.807, 2.05) is 0 Å². The highest BCUT2D eigenvalue weighted by Gasteiger charge is 2.38. The minimum absolute atomic E-state index is 0.197. The van der Waals surface area contributed by atoms with Gasteiger partial charge in [-0.25, -0.2) is 0 Å². The van der Waals surface area contributed by atoms with E-state index in [0.29, 0.717) is 0 Å². The lowest BCUT2D eigenvalue weighted by molar-refractivity contribution is 0.660. The van der Waals surface area contributed by atoms with Gasteiger partial charge in [0.2, 0.25) is 0 Å². The quantitative estimate of drug-likeness (QED) is 0.180. The first kappa shape index (κ1) is 29.5. The second kappa shape index (κ2) is 11.3. The van der Waals surface area contributed by atoms with E-state index in [4.69, 9.17) is 0 Å². The lowest BCUT2D eigenvalue weighted by Gasteiger charge is -2.28. The molecule has 0 unspecified atom stereocenters. The first-order valence-corrected chi connectivity index (χ1v) is 17.8. The summed E-state index contributed by atoms with van der Waals surface area (Å²) in [6.07, 6.45) is 0. The molecule has 0 aliphatic heterocycles. The van der Waals surface area contributed by atoms with Crippen molar-refractivity contribution in [3.8, 4) is 27.9 Å². The average molecular weight is 653 g/mol. The summed E-state index contributed by atoms with van der Waals surface area (Å²) in [5, 5.41) is 5.09. The third-order valence-corrected chi connectivity index (χ3v) is 11.0. The highest BCUT2D eigenvalue weighted by atomic mass is 15.1. The van der Waals surface area contributed by atoms with Crippen LogP contribution in [0, 0.1) is 0 Å². The normalized spacial score (nSPS) is 13.1. The van der Waals surface area contributed by atoms with E-state index < -0.39 is 0 Å². The summed E-state index contributed by atoms with van der Waals surface area (Å²) in [4.78, 5) is 2.38. The van der Waals surface area contributed by atoms with Crippen molar-refractivity contribution in [2.45, 2.75) is 19.3 Å². The number of nitrogens with zero attached hydrogens (tertiary/aromatic N) is 2. The fourth-order valence-electron chi connectivity index (χ4n) is 8.52. The van der Waals surface area contributed by atoms with Crippen LogP contribution in [0.15, 0.2) is 182 Å². The topological polar surface area (TPSA) is 8.17 Å². The molecule has 0 N–H and O–H groups in total. The maximum Gasteiger partial charge on any atom is 0.0619 e. The Kier molecular flexibility index (Phi) is 6.56. The Labute approximate surface area is 298 Å². The molecule has 0 atom stereocenters. The molecule has 0 bridgehead atoms. The SMILES string of the molecule is CC1(C)c2cc(N(c3ccccc3)c3ccc(-c4ccccc4)cc3)ccc2-c2c(-n3c4ccccc4c4ccc5ccccc5c43)cccc21. The standard InChI is InChI=1S/C49H36N2/c1-49(2)43-21-13-23-46(51-45-22-12-11-20-40(45)41-30-26-35-16-9-10-19-39(35)48(41)51)47(43)42-31-29-38(32-44(42)49)50(36-17-7-4-8-18-36)37-27-24-34(25-28-37)33-14-5-3-6-15-33/h3-32H,1-2H3. The lowest BCUT2D eigenvalue weighted by atomic mass is 9.82. The van der Waals surface area contributed by atoms with Gasteiger partial charge in [-0.05, 0) is 81.7 Å². The molecule has 10 rings (SSSR count). The van der Waals surface area contributed by atoms with E-state index in [1.54, 1.807) is 0 Å². The first-order valence-electron chi connectivity index (χ1n) is 17.8. The smallest absolute Gasteiger partial charge is 0.0619 e. The molecule has 1 aliphatic rings. The van der Waals surface area contributed by atoms with Gasteiger partial charge in [0.1, 0.15) is 0 Å². The summed E-state index contributed by atoms with van der Waals surface area (Å²) < 4.78 is 2.52. The highest BCUT2D eigenvalue weighted by molar-refractivity contribution is 6.19. The number of anilines is 3. The first-order chi connectivity index (χ1) is 25.1. The van der Waals surface area contributed by atoms with Crippen molar-refractivity contribution in [2.24, 2.45) is 0 Å². The number of benzene rings is 8. The number of rotatable bonds is 5. The Morgan fingerprint density at radius 1 is 0.451 bits per heavy atom. The molecule has 0 radical (unpaired) electrons. The molecule has 2 heteroatoms. The summed E-state index contributed by atoms with van der Waals surface area (Å²) >= 11 is 0. The van der Waals surface area contributed by atoms with Crippen molar-refractivity contribution >= 4 is 49.6 Å². The molecule has 242 valence electrons. The van der Waals surface area contributed by atoms with Crippen LogP contribution in [0.3, 0.4) is 0 Å². The van der Waals surface area contributed by atoms with Gasteiger partial charge in [0, 0.05) is 44.2 Å². The molecule has 0 amide bonds. The van der Waals surface area contributed by atoms with Crippen LogP contribution in [-0.2, 0) is 5.41 Å². The van der Waals surface area contributed by atoms with Gasteiger partial charge >= 0.3 is 0 Å². The van der Waals surface area contributed by atoms with Crippen LogP contribution in [0.25, 0.3) is 60.5 Å². The zero-order valence-corrected chi connectivity index (χ0v) is 28.7. The predicted octanol–water partition coefficient (Wildman–Crippen LogP) is 13.4. The number of aromatic nitrogens is 1. The van der Waals surface area contributed by atoms with Crippen LogP contribution < -0.4 is 4.90 Å². The van der Waals surface area contributed by atoms with Gasteiger partial charge in [-0.3, -0.25) is 0 Å². The van der Waals surface area contributed by atoms with E-state index in [0.717, 1.165) is 17.1 Å². The van der Waals surface area contributed by atoms with Gasteiger partial charge in [0.25, 0.3) is 0 Å². The van der Waals surface area contributed by atoms with E-state index in [9.17, 15) is 0 Å². The molecule has 0 spiro atoms. The van der Waals surface area contributed by atoms with Crippen molar-refractivity contribution in [1.82, 2.24) is 4.57 Å². The molecule has 51 heavy (non-hydrogen) atoms. The Morgan fingerprint density at radius 3 is 1.90 bits per heavy atom. The fraction of sp³-hybridized carbons (Fsp3) is 0.0612. The zero-order chi connectivity index (χ0) is 34.1. The van der Waals surface area contributed by atoms with Crippen LogP contribution in [-0.4, -0.2) is 4.57 Å². The summed E-state index contributed by atoms with van der Waals surface area (Å²) in [5.41, 5.74) is 14.7. The molecule has 0 saturated heterocycles. The molecule has 2 nitrogen and oxygen atoms in total. The van der Waals surface area contributed by atoms with E-state index in [1.165, 1.54) is 71.6 Å². The van der Waals surface area contributed by atoms with Crippen LogP contribution in [0.4, 0.5) is 17.1 Å². The number of hydrogen-bond acceptors (Lipinski definition) is 1.